The van der Waals surface area contributed by atoms with Crippen LogP contribution in [0.1, 0.15) is 102 Å². The van der Waals surface area contributed by atoms with Gasteiger partial charge in [0, 0.05) is 36.0 Å². The fourth-order valence-corrected chi connectivity index (χ4v) is 7.13. The van der Waals surface area contributed by atoms with Gasteiger partial charge in [-0.25, -0.2) is 0 Å². The number of hydrogen-bond donors (Lipinski definition) is 5. The van der Waals surface area contributed by atoms with Gasteiger partial charge in [-0.05, 0) is 45.8 Å². The zero-order chi connectivity index (χ0) is 35.1. The SMILES string of the molecule is CCCN(CCC)CC(=O)N[C@H]1C[C@H](O[C@H]2C[C@](O)(C(C)=O)Cc3c(O)c4c(c(O)c32)C(=O)c2c(OC)cccc2C4=O)O[C@@H](C)[C@H]1O. The second-order valence-corrected chi connectivity index (χ2v) is 12.9. The Kier molecular flexibility index (Phi) is 10.3. The minimum atomic E-state index is -2.06. The van der Waals surface area contributed by atoms with Crippen LogP contribution in [0.2, 0.25) is 0 Å². The number of carbonyl (C=O) groups excluding carboxylic acids is 4. The van der Waals surface area contributed by atoms with Crippen molar-refractivity contribution in [1.29, 1.82) is 0 Å². The first kappa shape index (κ1) is 35.4. The highest BCUT2D eigenvalue weighted by atomic mass is 16.7. The van der Waals surface area contributed by atoms with Crippen molar-refractivity contribution in [2.75, 3.05) is 26.7 Å². The first-order valence-corrected chi connectivity index (χ1v) is 16.4. The van der Waals surface area contributed by atoms with Crippen LogP contribution in [0.25, 0.3) is 0 Å². The number of hydrogen-bond acceptors (Lipinski definition) is 12. The molecule has 0 aromatic heterocycles. The quantitative estimate of drug-likeness (QED) is 0.188. The molecule has 1 amide bonds. The number of Topliss-reactive ketones (excluding diaryl/α,β-unsaturated/α-hetero) is 1. The van der Waals surface area contributed by atoms with Crippen LogP contribution in [0.15, 0.2) is 18.2 Å². The van der Waals surface area contributed by atoms with E-state index < -0.39 is 82.6 Å². The third-order valence-corrected chi connectivity index (χ3v) is 9.55. The van der Waals surface area contributed by atoms with Crippen molar-refractivity contribution in [3.05, 3.63) is 51.6 Å². The number of aromatic hydroxyl groups is 2. The molecule has 1 aliphatic heterocycles. The average Bonchev–Trinajstić information content (AvgIpc) is 3.03. The second kappa shape index (κ2) is 13.9. The van der Waals surface area contributed by atoms with Gasteiger partial charge in [0.15, 0.2) is 17.9 Å². The van der Waals surface area contributed by atoms with Crippen molar-refractivity contribution < 1.29 is 53.8 Å². The van der Waals surface area contributed by atoms with E-state index in [-0.39, 0.29) is 53.3 Å². The number of benzene rings is 2. The molecule has 0 spiro atoms. The van der Waals surface area contributed by atoms with Crippen LogP contribution in [0.4, 0.5) is 0 Å². The highest BCUT2D eigenvalue weighted by Gasteiger charge is 2.49. The van der Waals surface area contributed by atoms with E-state index in [1.807, 2.05) is 18.7 Å². The minimum Gasteiger partial charge on any atom is -0.507 e. The molecule has 2 aromatic carbocycles. The number of rotatable bonds is 11. The zero-order valence-electron chi connectivity index (χ0n) is 27.9. The van der Waals surface area contributed by atoms with Crippen LogP contribution < -0.4 is 10.1 Å². The van der Waals surface area contributed by atoms with Gasteiger partial charge in [-0.1, -0.05) is 26.0 Å². The second-order valence-electron chi connectivity index (χ2n) is 12.9. The Morgan fingerprint density at radius 2 is 1.73 bits per heavy atom. The topological polar surface area (TPSA) is 192 Å². The number of fused-ring (bicyclic) bond motifs is 3. The van der Waals surface area contributed by atoms with Crippen molar-refractivity contribution in [3.8, 4) is 17.2 Å². The summed E-state index contributed by atoms with van der Waals surface area (Å²) < 4.78 is 17.6. The summed E-state index contributed by atoms with van der Waals surface area (Å²) in [6.07, 6.45) is -3.41. The smallest absolute Gasteiger partial charge is 0.234 e. The van der Waals surface area contributed by atoms with E-state index in [2.05, 4.69) is 5.32 Å². The molecular formula is C35H44N2O11. The van der Waals surface area contributed by atoms with E-state index in [4.69, 9.17) is 14.2 Å². The molecule has 0 radical (unpaired) electrons. The number of phenolic OH excluding ortho intramolecular Hbond substituents is 2. The van der Waals surface area contributed by atoms with Gasteiger partial charge in [-0.2, -0.15) is 0 Å². The van der Waals surface area contributed by atoms with E-state index >= 15 is 0 Å². The lowest BCUT2D eigenvalue weighted by atomic mass is 9.72. The number of phenols is 2. The lowest BCUT2D eigenvalue weighted by Crippen LogP contribution is -2.57. The molecule has 2 aromatic rings. The maximum Gasteiger partial charge on any atom is 0.234 e. The van der Waals surface area contributed by atoms with Crippen LogP contribution in [-0.4, -0.2) is 105 Å². The first-order chi connectivity index (χ1) is 22.8. The number of aliphatic hydroxyl groups excluding tert-OH is 1. The summed E-state index contributed by atoms with van der Waals surface area (Å²) in [5.41, 5.74) is -3.25. The van der Waals surface area contributed by atoms with Crippen LogP contribution >= 0.6 is 0 Å². The normalized spacial score (nSPS) is 26.5. The van der Waals surface area contributed by atoms with Gasteiger partial charge in [-0.3, -0.25) is 24.1 Å². The fraction of sp³-hybridized carbons (Fsp3) is 0.543. The molecular weight excluding hydrogens is 624 g/mol. The summed E-state index contributed by atoms with van der Waals surface area (Å²) in [6.45, 7) is 8.47. The molecule has 2 aliphatic carbocycles. The lowest BCUT2D eigenvalue weighted by Gasteiger charge is -2.43. The molecule has 0 bridgehead atoms. The average molecular weight is 669 g/mol. The van der Waals surface area contributed by atoms with Gasteiger partial charge in [0.25, 0.3) is 0 Å². The monoisotopic (exact) mass is 668 g/mol. The summed E-state index contributed by atoms with van der Waals surface area (Å²) in [6, 6.07) is 3.65. The van der Waals surface area contributed by atoms with Crippen LogP contribution in [0.3, 0.4) is 0 Å². The van der Waals surface area contributed by atoms with Gasteiger partial charge in [0.05, 0.1) is 48.6 Å². The van der Waals surface area contributed by atoms with Gasteiger partial charge in [-0.15, -0.1) is 0 Å². The number of ketones is 3. The highest BCUT2D eigenvalue weighted by Crippen LogP contribution is 2.52. The van der Waals surface area contributed by atoms with Gasteiger partial charge >= 0.3 is 0 Å². The van der Waals surface area contributed by atoms with Crippen molar-refractivity contribution in [2.45, 2.75) is 96.0 Å². The largest absolute Gasteiger partial charge is 0.507 e. The molecule has 48 heavy (non-hydrogen) atoms. The highest BCUT2D eigenvalue weighted by molar-refractivity contribution is 6.31. The molecule has 0 unspecified atom stereocenters. The zero-order valence-corrected chi connectivity index (χ0v) is 27.9. The molecule has 1 fully saturated rings. The van der Waals surface area contributed by atoms with E-state index in [1.54, 1.807) is 6.92 Å². The summed E-state index contributed by atoms with van der Waals surface area (Å²) >= 11 is 0. The number of carbonyl (C=O) groups is 4. The molecule has 260 valence electrons. The summed E-state index contributed by atoms with van der Waals surface area (Å²) in [4.78, 5) is 55.3. The number of amides is 1. The number of nitrogens with one attached hydrogen (secondary N) is 1. The van der Waals surface area contributed by atoms with Gasteiger partial charge in [0.1, 0.15) is 29.0 Å². The molecule has 1 heterocycles. The Labute approximate surface area is 278 Å². The van der Waals surface area contributed by atoms with E-state index in [0.29, 0.717) is 0 Å². The Balaban J connectivity index is 1.51. The van der Waals surface area contributed by atoms with Crippen LogP contribution in [-0.2, 0) is 25.5 Å². The Morgan fingerprint density at radius 3 is 2.35 bits per heavy atom. The van der Waals surface area contributed by atoms with Crippen LogP contribution in [0, 0.1) is 0 Å². The first-order valence-electron chi connectivity index (χ1n) is 16.4. The van der Waals surface area contributed by atoms with E-state index in [1.165, 1.54) is 32.2 Å². The maximum atomic E-state index is 13.9. The number of methoxy groups -OCH3 is 1. The lowest BCUT2D eigenvalue weighted by molar-refractivity contribution is -0.249. The van der Waals surface area contributed by atoms with Crippen molar-refractivity contribution in [1.82, 2.24) is 10.2 Å². The molecule has 6 atom stereocenters. The third-order valence-electron chi connectivity index (χ3n) is 9.55. The summed E-state index contributed by atoms with van der Waals surface area (Å²) in [5, 5.41) is 48.5. The molecule has 5 rings (SSSR count). The van der Waals surface area contributed by atoms with Crippen molar-refractivity contribution in [3.63, 3.8) is 0 Å². The Morgan fingerprint density at radius 1 is 1.06 bits per heavy atom. The van der Waals surface area contributed by atoms with Gasteiger partial charge in [0.2, 0.25) is 11.7 Å². The number of ether oxygens (including phenoxy) is 3. The molecule has 0 saturated carbocycles. The van der Waals surface area contributed by atoms with E-state index in [9.17, 15) is 39.6 Å². The Hall–Kier alpha value is -3.88. The van der Waals surface area contributed by atoms with Gasteiger partial charge < -0.3 is 40.0 Å². The van der Waals surface area contributed by atoms with E-state index in [0.717, 1.165) is 25.9 Å². The minimum absolute atomic E-state index is 0.0250. The fourth-order valence-electron chi connectivity index (χ4n) is 7.13. The third kappa shape index (κ3) is 6.32. The molecule has 3 aliphatic rings. The standard InChI is InChI=1S/C35H44N2O11/c1-6-11-37(12-7-2)16-24(39)36-21-13-25(47-17(3)30(21)40)48-23-15-35(45,18(4)38)14-20-27(23)34(44)29-28(32(20)42)31(41)19-9-8-10-22(46-5)26(19)33(29)43/h8-10,17,21,23,25,30,40,42,44-45H,6-7,11-16H2,1-5H3,(H,36,39)/t17-,21-,23-,25-,30+,35-/m0/s1. The molecule has 5 N–H and O–H groups in total. The molecule has 1 saturated heterocycles. The van der Waals surface area contributed by atoms with Crippen molar-refractivity contribution >= 4 is 23.3 Å². The summed E-state index contributed by atoms with van der Waals surface area (Å²) in [7, 11) is 1.34. The summed E-state index contributed by atoms with van der Waals surface area (Å²) in [5.74, 6) is -3.60. The predicted octanol–water partition coefficient (Wildman–Crippen LogP) is 2.31. The maximum absolute atomic E-state index is 13.9. The number of aliphatic hydroxyl groups is 2. The Bertz CT molecular complexity index is 1620. The number of nitrogens with zero attached hydrogens (tertiary/aromatic N) is 1. The van der Waals surface area contributed by atoms with Crippen molar-refractivity contribution in [2.24, 2.45) is 0 Å². The van der Waals surface area contributed by atoms with Crippen LogP contribution in [0.5, 0.6) is 17.2 Å². The molecule has 13 heteroatoms. The predicted molar refractivity (Wildman–Crippen MR) is 171 cm³/mol. The molecule has 13 nitrogen and oxygen atoms in total.